The fourth-order valence-corrected chi connectivity index (χ4v) is 4.46. The SMILES string of the molecule is CC(C)(C)c1ccc(C(=O)N2CCSc3nnc(-c4cccs4)n32)cc1. The molecule has 0 atom stereocenters. The molecule has 3 heterocycles. The number of thioether (sulfide) groups is 1. The molecule has 7 heteroatoms. The number of nitrogens with zero attached hydrogens (tertiary/aromatic N) is 4. The molecule has 1 aliphatic rings. The molecule has 0 unspecified atom stereocenters. The Hall–Kier alpha value is -2.12. The van der Waals surface area contributed by atoms with Gasteiger partial charge < -0.3 is 0 Å². The highest BCUT2D eigenvalue weighted by Crippen LogP contribution is 2.30. The molecule has 0 spiro atoms. The van der Waals surface area contributed by atoms with E-state index < -0.39 is 0 Å². The summed E-state index contributed by atoms with van der Waals surface area (Å²) in [5.41, 5.74) is 1.96. The van der Waals surface area contributed by atoms with Crippen LogP contribution in [0.25, 0.3) is 10.7 Å². The van der Waals surface area contributed by atoms with Crippen LogP contribution in [-0.4, -0.2) is 33.1 Å². The van der Waals surface area contributed by atoms with E-state index in [1.807, 2.05) is 46.5 Å². The lowest BCUT2D eigenvalue weighted by Gasteiger charge is -2.29. The molecule has 0 saturated carbocycles. The van der Waals surface area contributed by atoms with Gasteiger partial charge >= 0.3 is 0 Å². The fraction of sp³-hybridized carbons (Fsp3) is 0.316. The van der Waals surface area contributed by atoms with E-state index in [2.05, 4.69) is 31.0 Å². The van der Waals surface area contributed by atoms with Gasteiger partial charge in [0.25, 0.3) is 5.91 Å². The molecule has 1 aromatic carbocycles. The number of benzene rings is 1. The molecule has 0 aliphatic carbocycles. The first-order valence-electron chi connectivity index (χ1n) is 8.50. The van der Waals surface area contributed by atoms with Crippen molar-refractivity contribution in [2.24, 2.45) is 0 Å². The van der Waals surface area contributed by atoms with Crippen LogP contribution in [0.15, 0.2) is 46.9 Å². The van der Waals surface area contributed by atoms with E-state index in [9.17, 15) is 4.79 Å². The molecule has 5 nitrogen and oxygen atoms in total. The van der Waals surface area contributed by atoms with E-state index in [4.69, 9.17) is 0 Å². The Bertz CT molecular complexity index is 924. The quantitative estimate of drug-likeness (QED) is 0.665. The van der Waals surface area contributed by atoms with Crippen molar-refractivity contribution in [3.63, 3.8) is 0 Å². The van der Waals surface area contributed by atoms with Gasteiger partial charge in [-0.1, -0.05) is 50.7 Å². The van der Waals surface area contributed by atoms with Gasteiger partial charge in [0.05, 0.1) is 11.4 Å². The molecular weight excluding hydrogens is 364 g/mol. The number of amides is 1. The van der Waals surface area contributed by atoms with Crippen molar-refractivity contribution in [1.29, 1.82) is 0 Å². The van der Waals surface area contributed by atoms with E-state index in [-0.39, 0.29) is 11.3 Å². The van der Waals surface area contributed by atoms with Gasteiger partial charge in [0.15, 0.2) is 5.82 Å². The highest BCUT2D eigenvalue weighted by Gasteiger charge is 2.29. The Morgan fingerprint density at radius 2 is 1.88 bits per heavy atom. The smallest absolute Gasteiger partial charge is 0.267 e. The summed E-state index contributed by atoms with van der Waals surface area (Å²) in [4.78, 5) is 14.2. The van der Waals surface area contributed by atoms with E-state index in [1.54, 1.807) is 28.1 Å². The van der Waals surface area contributed by atoms with Crippen molar-refractivity contribution in [1.82, 2.24) is 14.9 Å². The molecule has 2 aromatic heterocycles. The number of rotatable bonds is 2. The Labute approximate surface area is 161 Å². The third-order valence-corrected chi connectivity index (χ3v) is 6.13. The van der Waals surface area contributed by atoms with Gasteiger partial charge in [-0.15, -0.1) is 21.5 Å². The third-order valence-electron chi connectivity index (χ3n) is 4.36. The van der Waals surface area contributed by atoms with Crippen molar-refractivity contribution in [3.8, 4) is 10.7 Å². The minimum atomic E-state index is -0.0235. The van der Waals surface area contributed by atoms with Crippen molar-refractivity contribution >= 4 is 29.0 Å². The zero-order valence-electron chi connectivity index (χ0n) is 15.0. The van der Waals surface area contributed by atoms with Crippen LogP contribution in [0.5, 0.6) is 0 Å². The summed E-state index contributed by atoms with van der Waals surface area (Å²) in [5.74, 6) is 1.51. The third kappa shape index (κ3) is 3.05. The molecule has 1 amide bonds. The monoisotopic (exact) mass is 384 g/mol. The Morgan fingerprint density at radius 3 is 2.54 bits per heavy atom. The first-order chi connectivity index (χ1) is 12.4. The maximum Gasteiger partial charge on any atom is 0.272 e. The minimum absolute atomic E-state index is 0.0235. The van der Waals surface area contributed by atoms with Crippen molar-refractivity contribution < 1.29 is 4.79 Å². The summed E-state index contributed by atoms with van der Waals surface area (Å²) >= 11 is 3.23. The van der Waals surface area contributed by atoms with Crippen LogP contribution < -0.4 is 5.01 Å². The molecule has 3 aromatic rings. The van der Waals surface area contributed by atoms with Crippen LogP contribution in [0.4, 0.5) is 0 Å². The van der Waals surface area contributed by atoms with Gasteiger partial charge in [-0.05, 0) is 34.6 Å². The lowest BCUT2D eigenvalue weighted by atomic mass is 9.86. The van der Waals surface area contributed by atoms with Gasteiger partial charge in [0.1, 0.15) is 0 Å². The van der Waals surface area contributed by atoms with Crippen molar-refractivity contribution in [2.45, 2.75) is 31.3 Å². The maximum absolute atomic E-state index is 13.2. The van der Waals surface area contributed by atoms with Crippen LogP contribution >= 0.6 is 23.1 Å². The highest BCUT2D eigenvalue weighted by atomic mass is 32.2. The predicted molar refractivity (Wildman–Crippen MR) is 107 cm³/mol. The van der Waals surface area contributed by atoms with E-state index in [0.29, 0.717) is 12.1 Å². The summed E-state index contributed by atoms with van der Waals surface area (Å²) in [6.07, 6.45) is 0. The average Bonchev–Trinajstić information content (AvgIpc) is 3.29. The second-order valence-corrected chi connectivity index (χ2v) is 9.21. The highest BCUT2D eigenvalue weighted by molar-refractivity contribution is 7.99. The Morgan fingerprint density at radius 1 is 1.12 bits per heavy atom. The summed E-state index contributed by atoms with van der Waals surface area (Å²) in [5, 5.41) is 13.1. The molecule has 26 heavy (non-hydrogen) atoms. The number of hydrogen-bond acceptors (Lipinski definition) is 5. The number of carbonyl (C=O) groups excluding carboxylic acids is 1. The molecule has 0 fully saturated rings. The molecule has 0 bridgehead atoms. The second kappa shape index (κ2) is 6.55. The van der Waals surface area contributed by atoms with Gasteiger partial charge in [-0.3, -0.25) is 4.79 Å². The number of fused-ring (bicyclic) bond motifs is 1. The van der Waals surface area contributed by atoms with Gasteiger partial charge in [-0.25, -0.2) is 9.69 Å². The molecule has 4 rings (SSSR count). The Balaban J connectivity index is 1.70. The van der Waals surface area contributed by atoms with E-state index in [1.165, 1.54) is 5.56 Å². The first-order valence-corrected chi connectivity index (χ1v) is 10.4. The fourth-order valence-electron chi connectivity index (χ4n) is 2.91. The predicted octanol–water partition coefficient (Wildman–Crippen LogP) is 4.19. The van der Waals surface area contributed by atoms with Gasteiger partial charge in [0, 0.05) is 11.3 Å². The number of thiophene rings is 1. The number of carbonyl (C=O) groups is 1. The summed E-state index contributed by atoms with van der Waals surface area (Å²) in [7, 11) is 0. The largest absolute Gasteiger partial charge is 0.272 e. The topological polar surface area (TPSA) is 51.0 Å². The number of aromatic nitrogens is 3. The standard InChI is InChI=1S/C19H20N4OS2/c1-19(2,3)14-8-6-13(7-9-14)17(24)22-10-12-26-18-21-20-16(23(18)22)15-5-4-11-25-15/h4-9,11H,10,12H2,1-3H3. The zero-order valence-corrected chi connectivity index (χ0v) is 16.6. The van der Waals surface area contributed by atoms with E-state index in [0.717, 1.165) is 21.6 Å². The molecule has 0 radical (unpaired) electrons. The van der Waals surface area contributed by atoms with Crippen LogP contribution in [0.3, 0.4) is 0 Å². The summed E-state index contributed by atoms with van der Waals surface area (Å²) < 4.78 is 1.86. The minimum Gasteiger partial charge on any atom is -0.267 e. The zero-order chi connectivity index (χ0) is 18.3. The van der Waals surface area contributed by atoms with Gasteiger partial charge in [0.2, 0.25) is 5.16 Å². The maximum atomic E-state index is 13.2. The van der Waals surface area contributed by atoms with E-state index >= 15 is 0 Å². The van der Waals surface area contributed by atoms with Crippen molar-refractivity contribution in [2.75, 3.05) is 17.3 Å². The second-order valence-electron chi connectivity index (χ2n) is 7.20. The normalized spacial score (nSPS) is 14.3. The van der Waals surface area contributed by atoms with Crippen LogP contribution in [0.1, 0.15) is 36.7 Å². The van der Waals surface area contributed by atoms with Crippen LogP contribution in [-0.2, 0) is 5.41 Å². The lowest BCUT2D eigenvalue weighted by molar-refractivity contribution is 0.0956. The molecule has 0 N–H and O–H groups in total. The molecule has 134 valence electrons. The van der Waals surface area contributed by atoms with Crippen LogP contribution in [0, 0.1) is 0 Å². The van der Waals surface area contributed by atoms with Crippen LogP contribution in [0.2, 0.25) is 0 Å². The Kier molecular flexibility index (Phi) is 4.36. The molecule has 1 aliphatic heterocycles. The summed E-state index contributed by atoms with van der Waals surface area (Å²) in [6, 6.07) is 11.9. The summed E-state index contributed by atoms with van der Waals surface area (Å²) in [6.45, 7) is 7.14. The number of hydrogen-bond donors (Lipinski definition) is 0. The average molecular weight is 385 g/mol. The van der Waals surface area contributed by atoms with Crippen molar-refractivity contribution in [3.05, 3.63) is 52.9 Å². The lowest BCUT2D eigenvalue weighted by Crippen LogP contribution is -2.45. The first kappa shape index (κ1) is 17.3. The molecule has 0 saturated heterocycles. The van der Waals surface area contributed by atoms with Gasteiger partial charge in [-0.2, -0.15) is 0 Å². The molecular formula is C19H20N4OS2.